The third-order valence-corrected chi connectivity index (χ3v) is 7.98. The maximum absolute atomic E-state index is 10.3. The zero-order valence-corrected chi connectivity index (χ0v) is 22.5. The lowest BCUT2D eigenvalue weighted by molar-refractivity contribution is 0.430. The highest BCUT2D eigenvalue weighted by atomic mass is 16.3. The van der Waals surface area contributed by atoms with Crippen LogP contribution in [0.15, 0.2) is 84.5 Å². The van der Waals surface area contributed by atoms with Gasteiger partial charge in [0.2, 0.25) is 0 Å². The second-order valence-electron chi connectivity index (χ2n) is 11.3. The van der Waals surface area contributed by atoms with Crippen LogP contribution in [0.25, 0.3) is 16.8 Å². The summed E-state index contributed by atoms with van der Waals surface area (Å²) >= 11 is 0. The summed E-state index contributed by atoms with van der Waals surface area (Å²) in [4.78, 5) is 0. The SMILES string of the molecule is C=C(O)/C(C=N)=C(/Nc1cccc(-c2cccc(-n3ncc4c3C(C)(C)CC4)c2)c1)[C@@H]1CC1c1cn(C)nn1. The highest BCUT2D eigenvalue weighted by Gasteiger charge is 2.44. The molecular formula is C31H33N7O. The van der Waals surface area contributed by atoms with E-state index in [1.54, 1.807) is 4.68 Å². The van der Waals surface area contributed by atoms with Gasteiger partial charge in [0.05, 0.1) is 28.8 Å². The van der Waals surface area contributed by atoms with Crippen LogP contribution in [0, 0.1) is 11.3 Å². The molecule has 3 N–H and O–H groups in total. The van der Waals surface area contributed by atoms with E-state index in [1.807, 2.05) is 31.6 Å². The molecule has 2 aliphatic rings. The Hall–Kier alpha value is -4.46. The van der Waals surface area contributed by atoms with Crippen LogP contribution in [0.5, 0.6) is 0 Å². The molecule has 4 aromatic rings. The topological polar surface area (TPSA) is 105 Å². The van der Waals surface area contributed by atoms with Gasteiger partial charge in [0.25, 0.3) is 0 Å². The average Bonchev–Trinajstić information content (AvgIpc) is 3.22. The highest BCUT2D eigenvalue weighted by Crippen LogP contribution is 2.52. The lowest BCUT2D eigenvalue weighted by Crippen LogP contribution is -2.18. The molecule has 2 aliphatic carbocycles. The van der Waals surface area contributed by atoms with Gasteiger partial charge in [0.1, 0.15) is 5.76 Å². The largest absolute Gasteiger partial charge is 0.508 e. The van der Waals surface area contributed by atoms with Gasteiger partial charge in [-0.05, 0) is 60.2 Å². The summed E-state index contributed by atoms with van der Waals surface area (Å²) in [7, 11) is 1.85. The summed E-state index contributed by atoms with van der Waals surface area (Å²) in [6, 6.07) is 16.7. The van der Waals surface area contributed by atoms with Crippen molar-refractivity contribution in [1.29, 1.82) is 5.41 Å². The first kappa shape index (κ1) is 24.9. The van der Waals surface area contributed by atoms with Crippen LogP contribution in [-0.2, 0) is 18.9 Å². The number of anilines is 1. The Morgan fingerprint density at radius 2 is 1.95 bits per heavy atom. The van der Waals surface area contributed by atoms with E-state index in [0.717, 1.165) is 59.4 Å². The minimum atomic E-state index is -0.129. The second-order valence-corrected chi connectivity index (χ2v) is 11.3. The number of hydrogen-bond donors (Lipinski definition) is 3. The van der Waals surface area contributed by atoms with Crippen molar-refractivity contribution in [2.24, 2.45) is 13.0 Å². The molecule has 0 saturated heterocycles. The van der Waals surface area contributed by atoms with E-state index < -0.39 is 0 Å². The molecule has 1 unspecified atom stereocenters. The third kappa shape index (κ3) is 4.56. The number of aliphatic hydroxyl groups is 1. The van der Waals surface area contributed by atoms with E-state index in [1.165, 1.54) is 11.3 Å². The van der Waals surface area contributed by atoms with Gasteiger partial charge in [-0.2, -0.15) is 5.10 Å². The molecular weight excluding hydrogens is 486 g/mol. The molecule has 2 aromatic heterocycles. The van der Waals surface area contributed by atoms with Gasteiger partial charge < -0.3 is 15.8 Å². The van der Waals surface area contributed by atoms with E-state index in [2.05, 4.69) is 77.1 Å². The summed E-state index contributed by atoms with van der Waals surface area (Å²) in [6.07, 6.45) is 8.16. The molecule has 39 heavy (non-hydrogen) atoms. The van der Waals surface area contributed by atoms with Crippen LogP contribution in [0.3, 0.4) is 0 Å². The van der Waals surface area contributed by atoms with Crippen molar-refractivity contribution in [2.75, 3.05) is 5.32 Å². The Kier molecular flexibility index (Phi) is 5.98. The molecule has 0 bridgehead atoms. The standard InChI is InChI=1S/C31H33N7O/c1-19(39)27(16-32)29(26-15-25(26)28-18-37(4)36-35-28)34-23-9-5-7-20(13-23)21-8-6-10-24(14-21)38-30-22(17-33-38)11-12-31(30,2)3/h5-10,13-14,16-18,25-26,32,34,39H,1,11-12,15H2,2-4H3/b29-27+,32-16?/t25?,26-/m1/s1. The molecule has 198 valence electrons. The molecule has 8 nitrogen and oxygen atoms in total. The summed E-state index contributed by atoms with van der Waals surface area (Å²) < 4.78 is 3.79. The fraction of sp³-hybridized carbons (Fsp3) is 0.290. The lowest BCUT2D eigenvalue weighted by Gasteiger charge is -2.21. The van der Waals surface area contributed by atoms with E-state index in [4.69, 9.17) is 10.5 Å². The Balaban J connectivity index is 1.31. The Morgan fingerprint density at radius 3 is 2.67 bits per heavy atom. The number of aromatic nitrogens is 5. The lowest BCUT2D eigenvalue weighted by atomic mass is 9.90. The van der Waals surface area contributed by atoms with E-state index in [0.29, 0.717) is 5.57 Å². The van der Waals surface area contributed by atoms with E-state index in [-0.39, 0.29) is 23.0 Å². The summed E-state index contributed by atoms with van der Waals surface area (Å²) in [5.41, 5.74) is 8.89. The number of aliphatic hydroxyl groups excluding tert-OH is 1. The Labute approximate surface area is 228 Å². The minimum Gasteiger partial charge on any atom is -0.508 e. The van der Waals surface area contributed by atoms with Gasteiger partial charge in [-0.1, -0.05) is 49.9 Å². The van der Waals surface area contributed by atoms with Crippen LogP contribution in [-0.4, -0.2) is 36.1 Å². The molecule has 2 aromatic carbocycles. The minimum absolute atomic E-state index is 0.0828. The number of aryl methyl sites for hydroxylation is 2. The Morgan fingerprint density at radius 1 is 1.18 bits per heavy atom. The van der Waals surface area contributed by atoms with Crippen LogP contribution in [0.1, 0.15) is 49.6 Å². The normalized spacial score (nSPS) is 19.8. The first-order valence-corrected chi connectivity index (χ1v) is 13.3. The number of rotatable bonds is 8. The highest BCUT2D eigenvalue weighted by molar-refractivity contribution is 5.84. The zero-order chi connectivity index (χ0) is 27.3. The van der Waals surface area contributed by atoms with Crippen molar-refractivity contribution in [3.05, 3.63) is 101 Å². The summed E-state index contributed by atoms with van der Waals surface area (Å²) in [6.45, 7) is 8.28. The van der Waals surface area contributed by atoms with Gasteiger partial charge in [0, 0.05) is 48.1 Å². The quantitative estimate of drug-likeness (QED) is 0.149. The summed E-state index contributed by atoms with van der Waals surface area (Å²) in [5, 5.41) is 34.8. The number of nitrogens with one attached hydrogen (secondary N) is 2. The van der Waals surface area contributed by atoms with Crippen molar-refractivity contribution < 1.29 is 5.11 Å². The van der Waals surface area contributed by atoms with Crippen molar-refractivity contribution >= 4 is 11.9 Å². The third-order valence-electron chi connectivity index (χ3n) is 7.98. The van der Waals surface area contributed by atoms with Gasteiger partial charge in [-0.3, -0.25) is 4.68 Å². The van der Waals surface area contributed by atoms with Crippen LogP contribution >= 0.6 is 0 Å². The molecule has 2 atom stereocenters. The fourth-order valence-electron chi connectivity index (χ4n) is 5.85. The molecule has 2 heterocycles. The molecule has 8 heteroatoms. The monoisotopic (exact) mass is 519 g/mol. The molecule has 0 amide bonds. The van der Waals surface area contributed by atoms with Crippen LogP contribution < -0.4 is 5.32 Å². The maximum atomic E-state index is 10.3. The van der Waals surface area contributed by atoms with Gasteiger partial charge in [-0.25, -0.2) is 4.68 Å². The number of hydrogen-bond acceptors (Lipinski definition) is 6. The molecule has 6 rings (SSSR count). The number of fused-ring (bicyclic) bond motifs is 1. The van der Waals surface area contributed by atoms with Crippen molar-refractivity contribution in [2.45, 2.75) is 44.4 Å². The van der Waals surface area contributed by atoms with Crippen molar-refractivity contribution in [3.63, 3.8) is 0 Å². The van der Waals surface area contributed by atoms with Crippen LogP contribution in [0.4, 0.5) is 5.69 Å². The van der Waals surface area contributed by atoms with E-state index >= 15 is 0 Å². The predicted octanol–water partition coefficient (Wildman–Crippen LogP) is 6.08. The van der Waals surface area contributed by atoms with Gasteiger partial charge >= 0.3 is 0 Å². The Bertz CT molecular complexity index is 1620. The smallest absolute Gasteiger partial charge is 0.118 e. The van der Waals surface area contributed by atoms with Gasteiger partial charge in [-0.15, -0.1) is 5.10 Å². The first-order chi connectivity index (χ1) is 18.7. The number of nitrogens with zero attached hydrogens (tertiary/aromatic N) is 5. The predicted molar refractivity (Wildman–Crippen MR) is 153 cm³/mol. The maximum Gasteiger partial charge on any atom is 0.118 e. The van der Waals surface area contributed by atoms with Crippen molar-refractivity contribution in [3.8, 4) is 16.8 Å². The van der Waals surface area contributed by atoms with Gasteiger partial charge in [0.15, 0.2) is 0 Å². The number of benzene rings is 2. The zero-order valence-electron chi connectivity index (χ0n) is 22.5. The molecule has 0 aliphatic heterocycles. The second kappa shape index (κ2) is 9.38. The molecule has 0 spiro atoms. The fourth-order valence-corrected chi connectivity index (χ4v) is 5.85. The average molecular weight is 520 g/mol. The van der Waals surface area contributed by atoms with Crippen LogP contribution in [0.2, 0.25) is 0 Å². The molecule has 0 radical (unpaired) electrons. The molecule has 1 saturated carbocycles. The number of allylic oxidation sites excluding steroid dienone is 2. The van der Waals surface area contributed by atoms with Crippen molar-refractivity contribution in [1.82, 2.24) is 24.8 Å². The van der Waals surface area contributed by atoms with E-state index in [9.17, 15) is 5.11 Å². The molecule has 1 fully saturated rings. The summed E-state index contributed by atoms with van der Waals surface area (Å²) in [5.74, 6) is 0.130. The first-order valence-electron chi connectivity index (χ1n) is 13.3.